The first-order valence-corrected chi connectivity index (χ1v) is 8.20. The molecule has 8 heteroatoms. The summed E-state index contributed by atoms with van der Waals surface area (Å²) < 4.78 is 29.0. The SMILES string of the molecule is Cc1cnn(CCNS(=O)(=O)c2ccc(N)c(Br)c2)c1. The van der Waals surface area contributed by atoms with Gasteiger partial charge in [0.25, 0.3) is 0 Å². The summed E-state index contributed by atoms with van der Waals surface area (Å²) in [6.45, 7) is 2.67. The second-order valence-electron chi connectivity index (χ2n) is 4.36. The van der Waals surface area contributed by atoms with Crippen molar-refractivity contribution < 1.29 is 8.42 Å². The molecule has 0 spiro atoms. The molecule has 0 atom stereocenters. The molecule has 0 amide bonds. The fraction of sp³-hybridized carbons (Fsp3) is 0.250. The highest BCUT2D eigenvalue weighted by Gasteiger charge is 2.14. The maximum absolute atomic E-state index is 12.1. The zero-order valence-electron chi connectivity index (χ0n) is 10.9. The molecule has 20 heavy (non-hydrogen) atoms. The van der Waals surface area contributed by atoms with Crippen LogP contribution in [0.1, 0.15) is 5.56 Å². The number of nitrogen functional groups attached to an aromatic ring is 1. The number of nitrogens with zero attached hydrogens (tertiary/aromatic N) is 2. The van der Waals surface area contributed by atoms with Crippen molar-refractivity contribution in [2.75, 3.05) is 12.3 Å². The first-order valence-electron chi connectivity index (χ1n) is 5.92. The van der Waals surface area contributed by atoms with Crippen LogP contribution in [0, 0.1) is 6.92 Å². The van der Waals surface area contributed by atoms with E-state index in [1.165, 1.54) is 12.1 Å². The maximum Gasteiger partial charge on any atom is 0.240 e. The molecule has 2 rings (SSSR count). The Labute approximate surface area is 126 Å². The Kier molecular flexibility index (Phi) is 4.46. The molecule has 6 nitrogen and oxygen atoms in total. The second-order valence-corrected chi connectivity index (χ2v) is 6.98. The fourth-order valence-corrected chi connectivity index (χ4v) is 3.22. The van der Waals surface area contributed by atoms with Gasteiger partial charge >= 0.3 is 0 Å². The van der Waals surface area contributed by atoms with E-state index in [1.54, 1.807) is 16.9 Å². The van der Waals surface area contributed by atoms with Gasteiger partial charge in [-0.1, -0.05) is 0 Å². The summed E-state index contributed by atoms with van der Waals surface area (Å²) in [4.78, 5) is 0.176. The smallest absolute Gasteiger partial charge is 0.240 e. The zero-order valence-corrected chi connectivity index (χ0v) is 13.3. The molecule has 0 radical (unpaired) electrons. The summed E-state index contributed by atoms with van der Waals surface area (Å²) in [5.74, 6) is 0. The second kappa shape index (κ2) is 5.94. The fourth-order valence-electron chi connectivity index (χ4n) is 1.64. The number of hydrogen-bond donors (Lipinski definition) is 2. The Hall–Kier alpha value is -1.38. The highest BCUT2D eigenvalue weighted by Crippen LogP contribution is 2.22. The lowest BCUT2D eigenvalue weighted by atomic mass is 10.3. The minimum Gasteiger partial charge on any atom is -0.398 e. The topological polar surface area (TPSA) is 90.0 Å². The van der Waals surface area contributed by atoms with E-state index in [-0.39, 0.29) is 11.4 Å². The van der Waals surface area contributed by atoms with Crippen molar-refractivity contribution in [3.05, 3.63) is 40.6 Å². The summed E-state index contributed by atoms with van der Waals surface area (Å²) in [7, 11) is -3.54. The van der Waals surface area contributed by atoms with Crippen LogP contribution in [0.3, 0.4) is 0 Å². The van der Waals surface area contributed by atoms with Crippen LogP contribution in [-0.4, -0.2) is 24.7 Å². The van der Waals surface area contributed by atoms with Gasteiger partial charge < -0.3 is 5.73 Å². The third kappa shape index (κ3) is 3.59. The highest BCUT2D eigenvalue weighted by molar-refractivity contribution is 9.10. The van der Waals surface area contributed by atoms with Gasteiger partial charge in [-0.2, -0.15) is 5.10 Å². The molecule has 3 N–H and O–H groups in total. The first-order chi connectivity index (χ1) is 9.38. The van der Waals surface area contributed by atoms with Crippen molar-refractivity contribution in [2.45, 2.75) is 18.4 Å². The Morgan fingerprint density at radius 2 is 2.20 bits per heavy atom. The molecule has 0 bridgehead atoms. The summed E-state index contributed by atoms with van der Waals surface area (Å²) >= 11 is 3.21. The van der Waals surface area contributed by atoms with Gasteiger partial charge in [0.15, 0.2) is 0 Å². The zero-order chi connectivity index (χ0) is 14.8. The summed E-state index contributed by atoms with van der Waals surface area (Å²) in [5, 5.41) is 4.09. The molecule has 0 aliphatic carbocycles. The average molecular weight is 359 g/mol. The average Bonchev–Trinajstić information content (AvgIpc) is 2.78. The van der Waals surface area contributed by atoms with E-state index in [4.69, 9.17) is 5.73 Å². The summed E-state index contributed by atoms with van der Waals surface area (Å²) in [5.41, 5.74) is 7.17. The van der Waals surface area contributed by atoms with Crippen molar-refractivity contribution in [3.63, 3.8) is 0 Å². The number of hydrogen-bond acceptors (Lipinski definition) is 4. The normalized spacial score (nSPS) is 11.7. The van der Waals surface area contributed by atoms with E-state index >= 15 is 0 Å². The number of anilines is 1. The standard InChI is InChI=1S/C12H15BrN4O2S/c1-9-7-15-17(8-9)5-4-16-20(18,19)10-2-3-12(14)11(13)6-10/h2-3,6-8,16H,4-5,14H2,1H3. The van der Waals surface area contributed by atoms with E-state index in [9.17, 15) is 8.42 Å². The molecule has 0 aliphatic heterocycles. The molecular weight excluding hydrogens is 344 g/mol. The number of benzene rings is 1. The predicted octanol–water partition coefficient (Wildman–Crippen LogP) is 1.51. The molecule has 0 fully saturated rings. The lowest BCUT2D eigenvalue weighted by Gasteiger charge is -2.08. The van der Waals surface area contributed by atoms with Gasteiger partial charge in [0, 0.05) is 22.9 Å². The number of nitrogens with one attached hydrogen (secondary N) is 1. The third-order valence-electron chi connectivity index (χ3n) is 2.68. The van der Waals surface area contributed by atoms with Gasteiger partial charge in [0.2, 0.25) is 10.0 Å². The van der Waals surface area contributed by atoms with Crippen LogP contribution in [0.5, 0.6) is 0 Å². The Morgan fingerprint density at radius 3 is 2.80 bits per heavy atom. The van der Waals surface area contributed by atoms with E-state index in [0.717, 1.165) is 5.56 Å². The predicted molar refractivity (Wildman–Crippen MR) is 80.7 cm³/mol. The lowest BCUT2D eigenvalue weighted by molar-refractivity contribution is 0.561. The quantitative estimate of drug-likeness (QED) is 0.792. The number of halogens is 1. The Bertz CT molecular complexity index is 712. The van der Waals surface area contributed by atoms with Crippen molar-refractivity contribution >= 4 is 31.6 Å². The number of sulfonamides is 1. The van der Waals surface area contributed by atoms with Crippen LogP contribution < -0.4 is 10.5 Å². The van der Waals surface area contributed by atoms with Crippen LogP contribution in [0.4, 0.5) is 5.69 Å². The number of rotatable bonds is 5. The van der Waals surface area contributed by atoms with E-state index < -0.39 is 10.0 Å². The molecule has 2 aromatic rings. The van der Waals surface area contributed by atoms with E-state index in [1.807, 2.05) is 13.1 Å². The monoisotopic (exact) mass is 358 g/mol. The first kappa shape index (κ1) is 15.0. The Morgan fingerprint density at radius 1 is 1.45 bits per heavy atom. The van der Waals surface area contributed by atoms with Crippen molar-refractivity contribution in [2.24, 2.45) is 0 Å². The van der Waals surface area contributed by atoms with Crippen molar-refractivity contribution in [1.82, 2.24) is 14.5 Å². The lowest BCUT2D eigenvalue weighted by Crippen LogP contribution is -2.27. The van der Waals surface area contributed by atoms with Crippen LogP contribution in [0.15, 0.2) is 40.0 Å². The number of aromatic nitrogens is 2. The molecule has 1 aromatic heterocycles. The van der Waals surface area contributed by atoms with Crippen molar-refractivity contribution in [3.8, 4) is 0 Å². The highest BCUT2D eigenvalue weighted by atomic mass is 79.9. The van der Waals surface area contributed by atoms with Crippen LogP contribution in [0.2, 0.25) is 0 Å². The van der Waals surface area contributed by atoms with E-state index in [0.29, 0.717) is 16.7 Å². The molecule has 0 saturated carbocycles. The molecule has 0 unspecified atom stereocenters. The largest absolute Gasteiger partial charge is 0.398 e. The number of aryl methyl sites for hydroxylation is 1. The minimum absolute atomic E-state index is 0.176. The van der Waals surface area contributed by atoms with Gasteiger partial charge in [0.05, 0.1) is 17.6 Å². The number of nitrogens with two attached hydrogens (primary N) is 1. The molecule has 1 heterocycles. The molecule has 1 aromatic carbocycles. The molecule has 108 valence electrons. The van der Waals surface area contributed by atoms with Crippen LogP contribution in [-0.2, 0) is 16.6 Å². The molecule has 0 saturated heterocycles. The van der Waals surface area contributed by atoms with Gasteiger partial charge in [-0.15, -0.1) is 0 Å². The van der Waals surface area contributed by atoms with Crippen molar-refractivity contribution in [1.29, 1.82) is 0 Å². The van der Waals surface area contributed by atoms with Gasteiger partial charge in [-0.25, -0.2) is 13.1 Å². The summed E-state index contributed by atoms with van der Waals surface area (Å²) in [6, 6.07) is 4.51. The minimum atomic E-state index is -3.54. The van der Waals surface area contributed by atoms with E-state index in [2.05, 4.69) is 25.8 Å². The van der Waals surface area contributed by atoms with Crippen LogP contribution in [0.25, 0.3) is 0 Å². The van der Waals surface area contributed by atoms with Gasteiger partial charge in [-0.05, 0) is 46.6 Å². The summed E-state index contributed by atoms with van der Waals surface area (Å²) in [6.07, 6.45) is 3.58. The van der Waals surface area contributed by atoms with Crippen LogP contribution >= 0.6 is 15.9 Å². The Balaban J connectivity index is 2.02. The van der Waals surface area contributed by atoms with Gasteiger partial charge in [0.1, 0.15) is 0 Å². The molecular formula is C12H15BrN4O2S. The van der Waals surface area contributed by atoms with Gasteiger partial charge in [-0.3, -0.25) is 4.68 Å². The maximum atomic E-state index is 12.1. The molecule has 0 aliphatic rings. The third-order valence-corrected chi connectivity index (χ3v) is 4.82.